The Morgan fingerprint density at radius 2 is 0.951 bits per heavy atom. The summed E-state index contributed by atoms with van der Waals surface area (Å²) in [4.78, 5) is 25.1. The summed E-state index contributed by atoms with van der Waals surface area (Å²) in [6.07, 6.45) is 54.8. The Morgan fingerprint density at radius 3 is 1.41 bits per heavy atom. The number of phosphoric ester groups is 1. The molecule has 2 atom stereocenters. The minimum absolute atomic E-state index is 0.0212. The highest BCUT2D eigenvalue weighted by Gasteiger charge is 2.20. The number of phosphoric acid groups is 1. The minimum atomic E-state index is -4.53. The van der Waals surface area contributed by atoms with Crippen LogP contribution in [-0.2, 0) is 27.9 Å². The molecule has 0 aromatic heterocycles. The average Bonchev–Trinajstić information content (AvgIpc) is 3.22. The molecule has 0 rings (SSSR count). The van der Waals surface area contributed by atoms with Gasteiger partial charge in [-0.05, 0) is 44.9 Å². The van der Waals surface area contributed by atoms with Gasteiger partial charge >= 0.3 is 5.97 Å². The molecule has 8 nitrogen and oxygen atoms in total. The van der Waals surface area contributed by atoms with Gasteiger partial charge in [-0.2, -0.15) is 0 Å². The van der Waals surface area contributed by atoms with Gasteiger partial charge in [-0.1, -0.05) is 217 Å². The van der Waals surface area contributed by atoms with Gasteiger partial charge in [-0.3, -0.25) is 9.36 Å². The normalized spacial score (nSPS) is 13.9. The van der Waals surface area contributed by atoms with Gasteiger partial charge in [0.05, 0.1) is 34.4 Å². The second-order valence-corrected chi connectivity index (χ2v) is 19.9. The highest BCUT2D eigenvalue weighted by atomic mass is 31.2. The number of hydrogen-bond donors (Lipinski definition) is 0. The Labute approximate surface area is 378 Å². The molecule has 0 aliphatic carbocycles. The molecule has 360 valence electrons. The van der Waals surface area contributed by atoms with Gasteiger partial charge in [0.25, 0.3) is 7.82 Å². The fourth-order valence-corrected chi connectivity index (χ4v) is 8.00. The molecule has 0 saturated heterocycles. The van der Waals surface area contributed by atoms with Gasteiger partial charge in [-0.25, -0.2) is 0 Å². The van der Waals surface area contributed by atoms with Crippen molar-refractivity contribution in [1.82, 2.24) is 0 Å². The molecule has 0 saturated carbocycles. The zero-order valence-corrected chi connectivity index (χ0v) is 41.8. The van der Waals surface area contributed by atoms with Crippen molar-refractivity contribution in [3.63, 3.8) is 0 Å². The first-order chi connectivity index (χ1) is 29.6. The van der Waals surface area contributed by atoms with Crippen LogP contribution in [0.5, 0.6) is 0 Å². The first kappa shape index (κ1) is 59.7. The summed E-state index contributed by atoms with van der Waals surface area (Å²) >= 11 is 0. The zero-order chi connectivity index (χ0) is 44.8. The maximum Gasteiger partial charge on any atom is 0.306 e. The second-order valence-electron chi connectivity index (χ2n) is 18.5. The maximum absolute atomic E-state index is 12.7. The summed E-state index contributed by atoms with van der Waals surface area (Å²) in [6.45, 7) is 5.29. The van der Waals surface area contributed by atoms with Crippen LogP contribution in [0.2, 0.25) is 0 Å². The molecule has 61 heavy (non-hydrogen) atoms. The van der Waals surface area contributed by atoms with Crippen LogP contribution < -0.4 is 4.89 Å². The predicted molar refractivity (Wildman–Crippen MR) is 259 cm³/mol. The lowest BCUT2D eigenvalue weighted by Gasteiger charge is -2.28. The van der Waals surface area contributed by atoms with Gasteiger partial charge in [0.2, 0.25) is 0 Å². The van der Waals surface area contributed by atoms with E-state index in [4.69, 9.17) is 18.5 Å². The first-order valence-electron chi connectivity index (χ1n) is 25.7. The van der Waals surface area contributed by atoms with E-state index in [0.717, 1.165) is 57.8 Å². The molecule has 0 heterocycles. The molecule has 0 aliphatic heterocycles. The van der Waals surface area contributed by atoms with Crippen molar-refractivity contribution in [2.45, 2.75) is 238 Å². The lowest BCUT2D eigenvalue weighted by molar-refractivity contribution is -0.870. The largest absolute Gasteiger partial charge is 0.756 e. The quantitative estimate of drug-likeness (QED) is 0.0197. The van der Waals surface area contributed by atoms with Crippen molar-refractivity contribution >= 4 is 13.8 Å². The molecule has 0 aromatic carbocycles. The number of likely N-dealkylation sites (N-methyl/N-ethyl adjacent to an activating group) is 1. The number of nitrogens with zero attached hydrogens (tertiary/aromatic N) is 1. The minimum Gasteiger partial charge on any atom is -0.756 e. The molecular formula is C52H100NO7P. The van der Waals surface area contributed by atoms with E-state index in [9.17, 15) is 14.3 Å². The lowest BCUT2D eigenvalue weighted by atomic mass is 10.0. The van der Waals surface area contributed by atoms with Gasteiger partial charge in [0, 0.05) is 13.0 Å². The molecule has 0 radical (unpaired) electrons. The van der Waals surface area contributed by atoms with Gasteiger partial charge in [0.15, 0.2) is 0 Å². The number of carbonyl (C=O) groups excluding carboxylic acids is 1. The number of rotatable bonds is 48. The third kappa shape index (κ3) is 49.6. The molecule has 0 aromatic rings. The summed E-state index contributed by atoms with van der Waals surface area (Å²) < 4.78 is 34.7. The van der Waals surface area contributed by atoms with Crippen LogP contribution in [-0.4, -0.2) is 70.7 Å². The molecule has 2 unspecified atom stereocenters. The third-order valence-electron chi connectivity index (χ3n) is 11.2. The van der Waals surface area contributed by atoms with Crippen LogP contribution in [0.3, 0.4) is 0 Å². The average molecular weight is 882 g/mol. The highest BCUT2D eigenvalue weighted by Crippen LogP contribution is 2.38. The number of allylic oxidation sites excluding steroid dienone is 6. The summed E-state index contributed by atoms with van der Waals surface area (Å²) in [7, 11) is 1.34. The third-order valence-corrected chi connectivity index (χ3v) is 12.2. The van der Waals surface area contributed by atoms with Crippen molar-refractivity contribution < 1.29 is 37.3 Å². The number of esters is 1. The number of carbonyl (C=O) groups is 1. The second kappa shape index (κ2) is 45.3. The highest BCUT2D eigenvalue weighted by molar-refractivity contribution is 7.45. The molecule has 0 fully saturated rings. The first-order valence-corrected chi connectivity index (χ1v) is 27.2. The van der Waals surface area contributed by atoms with Gasteiger partial charge in [-0.15, -0.1) is 0 Å². The van der Waals surface area contributed by atoms with Gasteiger partial charge < -0.3 is 27.9 Å². The smallest absolute Gasteiger partial charge is 0.306 e. The van der Waals surface area contributed by atoms with Crippen molar-refractivity contribution in [3.8, 4) is 0 Å². The zero-order valence-electron chi connectivity index (χ0n) is 40.9. The summed E-state index contributed by atoms with van der Waals surface area (Å²) in [5.74, 6) is -0.359. The predicted octanol–water partition coefficient (Wildman–Crippen LogP) is 15.1. The molecule has 0 amide bonds. The summed E-state index contributed by atoms with van der Waals surface area (Å²) in [6, 6.07) is 0. The van der Waals surface area contributed by atoms with Crippen LogP contribution in [0.1, 0.15) is 232 Å². The number of quaternary nitrogens is 1. The van der Waals surface area contributed by atoms with Crippen molar-refractivity contribution in [2.75, 3.05) is 54.1 Å². The van der Waals surface area contributed by atoms with Crippen LogP contribution in [0, 0.1) is 0 Å². The Kier molecular flexibility index (Phi) is 44.3. The Balaban J connectivity index is 4.02. The van der Waals surface area contributed by atoms with Crippen LogP contribution in [0.15, 0.2) is 36.5 Å². The SMILES string of the molecule is CC/C=C\C/C=C\C/C=C\CCCCCC(=O)OC(COCCCCCCCCCCCCCCCCCCCCCCCCCCCC)COP(=O)([O-])OCC[N+](C)(C)C. The fourth-order valence-electron chi connectivity index (χ4n) is 7.27. The Hall–Kier alpha value is -1.28. The van der Waals surface area contributed by atoms with E-state index in [1.54, 1.807) is 0 Å². The van der Waals surface area contributed by atoms with E-state index < -0.39 is 13.9 Å². The molecule has 0 spiro atoms. The Bertz CT molecular complexity index is 1070. The van der Waals surface area contributed by atoms with Crippen molar-refractivity contribution in [1.29, 1.82) is 0 Å². The number of unbranched alkanes of at least 4 members (excludes halogenated alkanes) is 28. The molecule has 0 N–H and O–H groups in total. The maximum atomic E-state index is 12.7. The van der Waals surface area contributed by atoms with Crippen LogP contribution in [0.25, 0.3) is 0 Å². The summed E-state index contributed by atoms with van der Waals surface area (Å²) in [5, 5.41) is 0. The Morgan fingerprint density at radius 1 is 0.525 bits per heavy atom. The standard InChI is InChI=1S/C52H100NO7P/c1-6-8-10-12-14-16-18-20-21-22-23-24-25-26-27-28-29-30-31-32-34-36-38-40-42-44-47-57-49-51(50-59-61(55,56)58-48-46-53(3,4)5)60-52(54)45-43-41-39-37-35-33-19-17-15-13-11-9-7-2/h9,11,15,17,33,35,51H,6-8,10,12-14,16,18-32,34,36-50H2,1-5H3/b11-9-,17-15-,35-33-. The lowest BCUT2D eigenvalue weighted by Crippen LogP contribution is -2.37. The summed E-state index contributed by atoms with van der Waals surface area (Å²) in [5.41, 5.74) is 0. The van der Waals surface area contributed by atoms with Crippen molar-refractivity contribution in [3.05, 3.63) is 36.5 Å². The van der Waals surface area contributed by atoms with E-state index in [1.165, 1.54) is 154 Å². The van der Waals surface area contributed by atoms with Crippen molar-refractivity contribution in [2.24, 2.45) is 0 Å². The molecule has 9 heteroatoms. The van der Waals surface area contributed by atoms with E-state index >= 15 is 0 Å². The van der Waals surface area contributed by atoms with Crippen LogP contribution >= 0.6 is 7.82 Å². The molecule has 0 bridgehead atoms. The number of ether oxygens (including phenoxy) is 2. The number of hydrogen-bond acceptors (Lipinski definition) is 7. The molecular weight excluding hydrogens is 782 g/mol. The van der Waals surface area contributed by atoms with Crippen LogP contribution in [0.4, 0.5) is 0 Å². The van der Waals surface area contributed by atoms with Gasteiger partial charge in [0.1, 0.15) is 19.3 Å². The van der Waals surface area contributed by atoms with E-state index in [2.05, 4.69) is 50.3 Å². The topological polar surface area (TPSA) is 94.1 Å². The van der Waals surface area contributed by atoms with E-state index in [0.29, 0.717) is 17.6 Å². The van der Waals surface area contributed by atoms with E-state index in [-0.39, 0.29) is 32.2 Å². The van der Waals surface area contributed by atoms with E-state index in [1.807, 2.05) is 21.1 Å². The fraction of sp³-hybridized carbons (Fsp3) is 0.865. The molecule has 0 aliphatic rings. The monoisotopic (exact) mass is 882 g/mol.